The molecule has 0 heterocycles. The van der Waals surface area contributed by atoms with E-state index in [4.69, 9.17) is 11.6 Å². The molecule has 1 aliphatic carbocycles. The van der Waals surface area contributed by atoms with Gasteiger partial charge in [0.25, 0.3) is 0 Å². The Kier molecular flexibility index (Phi) is 8.13. The molecule has 7 nitrogen and oxygen atoms in total. The van der Waals surface area contributed by atoms with E-state index in [-0.39, 0.29) is 18.4 Å². The molecule has 8 heteroatoms. The molecule has 0 amide bonds. The molecule has 0 spiro atoms. The topological polar surface area (TPSA) is 123 Å². The van der Waals surface area contributed by atoms with Crippen LogP contribution in [-0.4, -0.2) is 37.4 Å². The predicted octanol–water partition coefficient (Wildman–Crippen LogP) is 6.42. The molecule has 0 saturated heterocycles. The first kappa shape index (κ1) is 27.3. The maximum absolute atomic E-state index is 13.7. The standard InChI is InChI=1S/C26H31ClN2O5/c1-14(2)8-7-9-16(5)11-13-26(34)24(33)18-19(21(30)17(6)22(31)20(18)29-28)23(32)25(26,27)12-10-15(3)4/h8,10-11,34H,7,9,12-13H2,1-6H3,(H-,30,31,32)/p+1/b16-11+/t25?,26-/m0/s1. The highest BCUT2D eigenvalue weighted by Crippen LogP contribution is 2.53. The van der Waals surface area contributed by atoms with Gasteiger partial charge >= 0.3 is 5.69 Å². The van der Waals surface area contributed by atoms with Gasteiger partial charge in [-0.25, -0.2) is 0 Å². The third-order valence-electron chi connectivity index (χ3n) is 6.23. The fraction of sp³-hybridized carbons (Fsp3) is 0.462. The van der Waals surface area contributed by atoms with Gasteiger partial charge in [-0.15, -0.1) is 11.6 Å². The minimum absolute atomic E-state index is 0.144. The molecule has 0 saturated carbocycles. The highest BCUT2D eigenvalue weighted by molar-refractivity contribution is 6.45. The molecule has 2 rings (SSSR count). The van der Waals surface area contributed by atoms with E-state index in [9.17, 15) is 30.3 Å². The van der Waals surface area contributed by atoms with Crippen LogP contribution in [-0.2, 0) is 0 Å². The van der Waals surface area contributed by atoms with Gasteiger partial charge in [-0.05, 0) is 60.8 Å². The largest absolute Gasteiger partial charge is 0.507 e. The zero-order valence-corrected chi connectivity index (χ0v) is 21.2. The summed E-state index contributed by atoms with van der Waals surface area (Å²) in [6, 6.07) is 0. The van der Waals surface area contributed by atoms with E-state index in [1.165, 1.54) is 12.5 Å². The molecule has 3 N–H and O–H groups in total. The van der Waals surface area contributed by atoms with Gasteiger partial charge in [0.15, 0.2) is 16.4 Å². The number of fused-ring (bicyclic) bond motifs is 1. The van der Waals surface area contributed by atoms with Crippen LogP contribution in [0.5, 0.6) is 11.5 Å². The lowest BCUT2D eigenvalue weighted by molar-refractivity contribution is 0.00736. The first-order valence-corrected chi connectivity index (χ1v) is 11.5. The number of nitrogens with zero attached hydrogens (tertiary/aromatic N) is 2. The molecule has 0 radical (unpaired) electrons. The van der Waals surface area contributed by atoms with Crippen LogP contribution in [0, 0.1) is 12.3 Å². The number of halogens is 1. The van der Waals surface area contributed by atoms with Gasteiger partial charge in [-0.2, -0.15) is 0 Å². The van der Waals surface area contributed by atoms with Crippen molar-refractivity contribution < 1.29 is 24.9 Å². The third kappa shape index (κ3) is 4.66. The van der Waals surface area contributed by atoms with Gasteiger partial charge in [0.05, 0.1) is 5.56 Å². The number of ketones is 2. The minimum Gasteiger partial charge on any atom is -0.507 e. The van der Waals surface area contributed by atoms with E-state index < -0.39 is 50.4 Å². The van der Waals surface area contributed by atoms with E-state index >= 15 is 0 Å². The number of allylic oxidation sites excluding steroid dienone is 5. The number of alkyl halides is 1. The van der Waals surface area contributed by atoms with E-state index in [1.807, 2.05) is 20.8 Å². The summed E-state index contributed by atoms with van der Waals surface area (Å²) < 4.78 is 0. The van der Waals surface area contributed by atoms with E-state index in [0.29, 0.717) is 6.42 Å². The second-order valence-electron chi connectivity index (χ2n) is 9.40. The lowest BCUT2D eigenvalue weighted by Crippen LogP contribution is -2.63. The Hall–Kier alpha value is -2.95. The second kappa shape index (κ2) is 10.1. The Bertz CT molecular complexity index is 1170. The highest BCUT2D eigenvalue weighted by atomic mass is 35.5. The smallest absolute Gasteiger partial charge is 0.438 e. The molecule has 0 aliphatic heterocycles. The molecule has 0 fully saturated rings. The van der Waals surface area contributed by atoms with Gasteiger partial charge < -0.3 is 15.3 Å². The SMILES string of the molecule is CC(C)=CCC/C(C)=C/C[C@]1(O)C(=O)c2c([N+]#N)c(O)c(C)c(O)c2C(=O)C1(Cl)CC=C(C)C. The number of aliphatic hydroxyl groups is 1. The van der Waals surface area contributed by atoms with Crippen LogP contribution < -0.4 is 0 Å². The number of benzene rings is 1. The van der Waals surface area contributed by atoms with Crippen molar-refractivity contribution in [3.8, 4) is 11.5 Å². The summed E-state index contributed by atoms with van der Waals surface area (Å²) in [7, 11) is 0. The predicted molar refractivity (Wildman–Crippen MR) is 133 cm³/mol. The molecule has 0 aromatic heterocycles. The van der Waals surface area contributed by atoms with Crippen LogP contribution in [0.4, 0.5) is 5.69 Å². The zero-order chi connectivity index (χ0) is 26.0. The van der Waals surface area contributed by atoms with Crippen molar-refractivity contribution in [1.29, 1.82) is 5.39 Å². The molecule has 1 aromatic rings. The Labute approximate surface area is 205 Å². The van der Waals surface area contributed by atoms with Crippen molar-refractivity contribution in [2.45, 2.75) is 77.7 Å². The third-order valence-corrected chi connectivity index (χ3v) is 6.87. The number of phenols is 2. The Balaban J connectivity index is 2.75. The molecule has 0 bridgehead atoms. The van der Waals surface area contributed by atoms with Crippen LogP contribution in [0.15, 0.2) is 34.9 Å². The molecule has 1 aromatic carbocycles. The number of diazo groups is 1. The fourth-order valence-corrected chi connectivity index (χ4v) is 4.35. The fourth-order valence-electron chi connectivity index (χ4n) is 4.02. The normalized spacial score (nSPS) is 22.1. The number of aromatic hydroxyl groups is 2. The molecule has 2 atom stereocenters. The van der Waals surface area contributed by atoms with Crippen molar-refractivity contribution in [3.05, 3.63) is 56.6 Å². The van der Waals surface area contributed by atoms with E-state index in [2.05, 4.69) is 11.1 Å². The summed E-state index contributed by atoms with van der Waals surface area (Å²) in [4.78, 5) is 28.3. The molecular weight excluding hydrogens is 456 g/mol. The summed E-state index contributed by atoms with van der Waals surface area (Å²) in [6.07, 6.45) is 6.38. The average molecular weight is 488 g/mol. The maximum atomic E-state index is 13.7. The van der Waals surface area contributed by atoms with Crippen molar-refractivity contribution in [2.75, 3.05) is 0 Å². The number of hydrogen-bond acceptors (Lipinski definition) is 6. The molecule has 1 unspecified atom stereocenters. The van der Waals surface area contributed by atoms with Crippen molar-refractivity contribution in [3.63, 3.8) is 0 Å². The summed E-state index contributed by atoms with van der Waals surface area (Å²) in [5.41, 5.74) is -1.30. The van der Waals surface area contributed by atoms with Crippen LogP contribution in [0.25, 0.3) is 4.98 Å². The van der Waals surface area contributed by atoms with Crippen molar-refractivity contribution in [1.82, 2.24) is 0 Å². The summed E-state index contributed by atoms with van der Waals surface area (Å²) in [6.45, 7) is 10.7. The number of carbonyl (C=O) groups excluding carboxylic acids is 2. The summed E-state index contributed by atoms with van der Waals surface area (Å²) >= 11 is 6.82. The van der Waals surface area contributed by atoms with Gasteiger partial charge in [0, 0.05) is 12.0 Å². The van der Waals surface area contributed by atoms with E-state index in [1.54, 1.807) is 26.0 Å². The number of hydrogen-bond donors (Lipinski definition) is 3. The van der Waals surface area contributed by atoms with Gasteiger partial charge in [0.1, 0.15) is 16.2 Å². The quantitative estimate of drug-likeness (QED) is 0.231. The number of rotatable bonds is 7. The first-order valence-electron chi connectivity index (χ1n) is 11.1. The molecule has 1 aliphatic rings. The van der Waals surface area contributed by atoms with E-state index in [0.717, 1.165) is 17.6 Å². The Morgan fingerprint density at radius 2 is 1.53 bits per heavy atom. The van der Waals surface area contributed by atoms with Crippen LogP contribution in [0.2, 0.25) is 0 Å². The Morgan fingerprint density at radius 1 is 0.941 bits per heavy atom. The average Bonchev–Trinajstić information content (AvgIpc) is 2.77. The molecule has 182 valence electrons. The van der Waals surface area contributed by atoms with Crippen LogP contribution >= 0.6 is 11.6 Å². The lowest BCUT2D eigenvalue weighted by atomic mass is 9.66. The van der Waals surface area contributed by atoms with Gasteiger partial charge in [0.2, 0.25) is 16.9 Å². The van der Waals surface area contributed by atoms with Crippen LogP contribution in [0.1, 0.15) is 86.6 Å². The zero-order valence-electron chi connectivity index (χ0n) is 20.5. The number of phenolic OH excluding ortho intramolecular Hbond substituents is 2. The second-order valence-corrected chi connectivity index (χ2v) is 10.0. The summed E-state index contributed by atoms with van der Waals surface area (Å²) in [5.74, 6) is -3.20. The van der Waals surface area contributed by atoms with Crippen LogP contribution in [0.3, 0.4) is 0 Å². The highest BCUT2D eigenvalue weighted by Gasteiger charge is 2.65. The van der Waals surface area contributed by atoms with Gasteiger partial charge in [-0.1, -0.05) is 34.9 Å². The van der Waals surface area contributed by atoms with Crippen molar-refractivity contribution in [2.24, 2.45) is 0 Å². The number of carbonyl (C=O) groups is 2. The van der Waals surface area contributed by atoms with Crippen molar-refractivity contribution >= 4 is 28.9 Å². The first-order chi connectivity index (χ1) is 15.7. The molecule has 34 heavy (non-hydrogen) atoms. The maximum Gasteiger partial charge on any atom is 0.438 e. The monoisotopic (exact) mass is 487 g/mol. The number of Topliss-reactive ketones (excluding diaryl/α,β-unsaturated/α-hetero) is 2. The van der Waals surface area contributed by atoms with Gasteiger partial charge in [-0.3, -0.25) is 9.59 Å². The Morgan fingerprint density at radius 3 is 2.06 bits per heavy atom. The molecular formula is C26H32ClN2O5+. The lowest BCUT2D eigenvalue weighted by Gasteiger charge is -2.43. The minimum atomic E-state index is -2.42. The summed E-state index contributed by atoms with van der Waals surface area (Å²) in [5, 5.41) is 42.3.